The van der Waals surface area contributed by atoms with Crippen molar-refractivity contribution in [2.75, 3.05) is 36.5 Å². The van der Waals surface area contributed by atoms with E-state index in [-0.39, 0.29) is 5.56 Å². The third-order valence-corrected chi connectivity index (χ3v) is 7.72. The lowest BCUT2D eigenvalue weighted by molar-refractivity contribution is -0.141. The molecule has 1 aromatic carbocycles. The Balaban J connectivity index is 1.46. The first-order valence-electron chi connectivity index (χ1n) is 13.9. The fraction of sp³-hybridized carbons (Fsp3) is 0.355. The van der Waals surface area contributed by atoms with E-state index >= 15 is 0 Å². The van der Waals surface area contributed by atoms with Crippen LogP contribution in [0.4, 0.5) is 29.5 Å². The van der Waals surface area contributed by atoms with E-state index in [2.05, 4.69) is 15.2 Å². The van der Waals surface area contributed by atoms with Crippen molar-refractivity contribution in [1.82, 2.24) is 9.97 Å². The Kier molecular flexibility index (Phi) is 8.41. The first kappa shape index (κ1) is 30.0. The van der Waals surface area contributed by atoms with Crippen molar-refractivity contribution in [3.05, 3.63) is 77.3 Å². The molecule has 1 fully saturated rings. The smallest absolute Gasteiger partial charge is 0.433 e. The molecule has 4 heterocycles. The van der Waals surface area contributed by atoms with Crippen LogP contribution in [0, 0.1) is 6.92 Å². The van der Waals surface area contributed by atoms with Gasteiger partial charge in [-0.05, 0) is 78.9 Å². The topological polar surface area (TPSA) is 120 Å². The number of nitrogens with two attached hydrogens (primary N) is 1. The zero-order valence-corrected chi connectivity index (χ0v) is 23.8. The van der Waals surface area contributed by atoms with Crippen LogP contribution in [0.2, 0.25) is 0 Å². The average Bonchev–Trinajstić information content (AvgIpc) is 2.98. The van der Waals surface area contributed by atoms with Gasteiger partial charge in [0, 0.05) is 43.4 Å². The number of benzene rings is 1. The fourth-order valence-corrected chi connectivity index (χ4v) is 5.25. The molecular formula is C31H32F3N5O4. The van der Waals surface area contributed by atoms with Crippen LogP contribution >= 0.6 is 0 Å². The summed E-state index contributed by atoms with van der Waals surface area (Å²) in [7, 11) is 0. The second-order valence-electron chi connectivity index (χ2n) is 10.9. The first-order valence-corrected chi connectivity index (χ1v) is 13.9. The number of nitrogens with one attached hydrogen (secondary N) is 1. The zero-order valence-electron chi connectivity index (χ0n) is 23.8. The Hall–Kier alpha value is -4.45. The maximum Gasteiger partial charge on any atom is 0.433 e. The molecule has 3 aromatic rings. The number of nitrogens with zero attached hydrogens (tertiary/aromatic N) is 3. The second-order valence-corrected chi connectivity index (χ2v) is 10.9. The standard InChI is InChI=1S/C31H32F3N5O4/c1-19-3-4-23(37-28(40)21-5-10-36-26(16-21)31(32,33)34)18-24(19)22-15-25(20-6-13-42-14-7-20)38-27(17-22)39-11-8-30(2,9-12-39)43-29(35)41/h3-6,10,15-18H,7-9,11-14H2,1-2H3,(H2,35,41)(H,37,40). The molecule has 0 aliphatic carbocycles. The summed E-state index contributed by atoms with van der Waals surface area (Å²) in [5, 5.41) is 2.72. The van der Waals surface area contributed by atoms with Crippen LogP contribution in [-0.2, 0) is 15.7 Å². The summed E-state index contributed by atoms with van der Waals surface area (Å²) in [6.45, 7) is 6.10. The molecule has 0 bridgehead atoms. The molecule has 2 amide bonds. The van der Waals surface area contributed by atoms with Gasteiger partial charge in [-0.15, -0.1) is 0 Å². The van der Waals surface area contributed by atoms with E-state index in [0.717, 1.165) is 46.0 Å². The molecule has 12 heteroatoms. The van der Waals surface area contributed by atoms with Crippen LogP contribution in [0.3, 0.4) is 0 Å². The number of pyridine rings is 2. The normalized spacial score (nSPS) is 16.8. The highest BCUT2D eigenvalue weighted by atomic mass is 19.4. The van der Waals surface area contributed by atoms with Gasteiger partial charge in [0.1, 0.15) is 17.1 Å². The van der Waals surface area contributed by atoms with Crippen molar-refractivity contribution < 1.29 is 32.2 Å². The lowest BCUT2D eigenvalue weighted by atomic mass is 9.93. The predicted molar refractivity (Wildman–Crippen MR) is 156 cm³/mol. The van der Waals surface area contributed by atoms with Crippen molar-refractivity contribution >= 4 is 29.1 Å². The molecule has 0 atom stereocenters. The number of carbonyl (C=O) groups is 2. The van der Waals surface area contributed by atoms with Gasteiger partial charge in [-0.3, -0.25) is 9.78 Å². The van der Waals surface area contributed by atoms with Crippen molar-refractivity contribution in [3.63, 3.8) is 0 Å². The minimum absolute atomic E-state index is 0.151. The molecule has 1 saturated heterocycles. The van der Waals surface area contributed by atoms with E-state index in [1.54, 1.807) is 12.1 Å². The number of aryl methyl sites for hydroxylation is 1. The molecule has 3 N–H and O–H groups in total. The molecule has 2 aliphatic heterocycles. The van der Waals surface area contributed by atoms with Gasteiger partial charge in [-0.2, -0.15) is 13.2 Å². The number of alkyl halides is 3. The summed E-state index contributed by atoms with van der Waals surface area (Å²) in [5.41, 5.74) is 8.28. The predicted octanol–water partition coefficient (Wildman–Crippen LogP) is 5.98. The van der Waals surface area contributed by atoms with E-state index in [9.17, 15) is 22.8 Å². The maximum absolute atomic E-state index is 13.1. The van der Waals surface area contributed by atoms with Crippen molar-refractivity contribution in [3.8, 4) is 11.1 Å². The largest absolute Gasteiger partial charge is 0.443 e. The van der Waals surface area contributed by atoms with Crippen LogP contribution in [-0.4, -0.2) is 53.9 Å². The Morgan fingerprint density at radius 2 is 1.88 bits per heavy atom. The number of ether oxygens (including phenoxy) is 2. The van der Waals surface area contributed by atoms with Gasteiger partial charge >= 0.3 is 12.3 Å². The number of piperidine rings is 1. The number of aromatic nitrogens is 2. The van der Waals surface area contributed by atoms with E-state index in [4.69, 9.17) is 20.2 Å². The summed E-state index contributed by atoms with van der Waals surface area (Å²) < 4.78 is 50.2. The number of rotatable bonds is 6. The molecule has 0 saturated carbocycles. The summed E-state index contributed by atoms with van der Waals surface area (Å²) in [6.07, 6.45) is -0.601. The lowest BCUT2D eigenvalue weighted by Crippen LogP contribution is -2.46. The first-order chi connectivity index (χ1) is 20.4. The van der Waals surface area contributed by atoms with Crippen molar-refractivity contribution in [2.24, 2.45) is 5.73 Å². The minimum atomic E-state index is -4.66. The number of carbonyl (C=O) groups excluding carboxylic acids is 2. The van der Waals surface area contributed by atoms with E-state index < -0.39 is 29.5 Å². The minimum Gasteiger partial charge on any atom is -0.443 e. The zero-order chi connectivity index (χ0) is 30.8. The van der Waals surface area contributed by atoms with E-state index in [1.165, 1.54) is 6.07 Å². The number of hydrogen-bond acceptors (Lipinski definition) is 7. The molecule has 0 radical (unpaired) electrons. The molecule has 0 unspecified atom stereocenters. The second kappa shape index (κ2) is 12.0. The van der Waals surface area contributed by atoms with Gasteiger partial charge in [0.2, 0.25) is 0 Å². The Labute approximate surface area is 246 Å². The lowest BCUT2D eigenvalue weighted by Gasteiger charge is -2.39. The molecule has 43 heavy (non-hydrogen) atoms. The van der Waals surface area contributed by atoms with Gasteiger partial charge in [-0.1, -0.05) is 12.1 Å². The highest BCUT2D eigenvalue weighted by Gasteiger charge is 2.34. The summed E-state index contributed by atoms with van der Waals surface area (Å²) in [4.78, 5) is 34.7. The Morgan fingerprint density at radius 1 is 1.12 bits per heavy atom. The van der Waals surface area contributed by atoms with Gasteiger partial charge < -0.3 is 25.4 Å². The third-order valence-electron chi connectivity index (χ3n) is 7.72. The van der Waals surface area contributed by atoms with Crippen molar-refractivity contribution in [1.29, 1.82) is 0 Å². The number of hydrogen-bond donors (Lipinski definition) is 2. The molecule has 9 nitrogen and oxygen atoms in total. The number of amides is 2. The highest BCUT2D eigenvalue weighted by Crippen LogP contribution is 2.35. The fourth-order valence-electron chi connectivity index (χ4n) is 5.25. The van der Waals surface area contributed by atoms with E-state index in [1.807, 2.05) is 38.1 Å². The van der Waals surface area contributed by atoms with Gasteiger partial charge in [0.05, 0.1) is 18.9 Å². The van der Waals surface area contributed by atoms with Crippen LogP contribution < -0.4 is 16.0 Å². The summed E-state index contributed by atoms with van der Waals surface area (Å²) in [6, 6.07) is 11.3. The molecule has 5 rings (SSSR count). The monoisotopic (exact) mass is 595 g/mol. The molecular weight excluding hydrogens is 563 g/mol. The maximum atomic E-state index is 13.1. The quantitative estimate of drug-likeness (QED) is 0.360. The van der Waals surface area contributed by atoms with Crippen LogP contribution in [0.25, 0.3) is 16.7 Å². The van der Waals surface area contributed by atoms with E-state index in [0.29, 0.717) is 51.3 Å². The average molecular weight is 596 g/mol. The Bertz CT molecular complexity index is 1570. The number of anilines is 2. The Morgan fingerprint density at radius 3 is 2.56 bits per heavy atom. The molecule has 0 spiro atoms. The van der Waals surface area contributed by atoms with Crippen LogP contribution in [0.15, 0.2) is 54.7 Å². The number of halogens is 3. The van der Waals surface area contributed by atoms with Gasteiger partial charge in [0.25, 0.3) is 5.91 Å². The highest BCUT2D eigenvalue weighted by molar-refractivity contribution is 6.04. The van der Waals surface area contributed by atoms with Crippen LogP contribution in [0.5, 0.6) is 0 Å². The summed E-state index contributed by atoms with van der Waals surface area (Å²) in [5.74, 6) is 0.0760. The van der Waals surface area contributed by atoms with Crippen LogP contribution in [0.1, 0.15) is 53.5 Å². The van der Waals surface area contributed by atoms with Gasteiger partial charge in [-0.25, -0.2) is 9.78 Å². The third kappa shape index (κ3) is 7.14. The SMILES string of the molecule is Cc1ccc(NC(=O)c2ccnc(C(F)(F)F)c2)cc1-c1cc(C2=CCOCC2)nc(N2CCC(C)(OC(N)=O)CC2)c1. The molecule has 226 valence electrons. The number of primary amides is 1. The molecule has 2 aromatic heterocycles. The van der Waals surface area contributed by atoms with Gasteiger partial charge in [0.15, 0.2) is 0 Å². The molecule has 2 aliphatic rings. The summed E-state index contributed by atoms with van der Waals surface area (Å²) >= 11 is 0. The van der Waals surface area contributed by atoms with Crippen molar-refractivity contribution in [2.45, 2.75) is 44.9 Å².